The van der Waals surface area contributed by atoms with E-state index < -0.39 is 33.8 Å². The highest BCUT2D eigenvalue weighted by Crippen LogP contribution is 2.21. The van der Waals surface area contributed by atoms with Crippen LogP contribution in [0.25, 0.3) is 10.9 Å². The Kier molecular flexibility index (Phi) is 9.65. The van der Waals surface area contributed by atoms with Crippen molar-refractivity contribution in [2.24, 2.45) is 11.8 Å². The van der Waals surface area contributed by atoms with Gasteiger partial charge in [-0.1, -0.05) is 49.7 Å². The molecule has 0 radical (unpaired) electrons. The average molecular weight is 542 g/mol. The van der Waals surface area contributed by atoms with Gasteiger partial charge in [0.2, 0.25) is 17.7 Å². The number of aromatic nitrogens is 1. The summed E-state index contributed by atoms with van der Waals surface area (Å²) in [5.74, 6) is -2.16. The second kappa shape index (κ2) is 12.7. The third-order valence-corrected chi connectivity index (χ3v) is 7.46. The summed E-state index contributed by atoms with van der Waals surface area (Å²) in [6.45, 7) is 5.67. The van der Waals surface area contributed by atoms with Crippen molar-refractivity contribution in [2.45, 2.75) is 51.0 Å². The quantitative estimate of drug-likeness (QED) is 0.223. The molecule has 204 valence electrons. The lowest BCUT2D eigenvalue weighted by Crippen LogP contribution is -2.50. The van der Waals surface area contributed by atoms with Crippen LogP contribution in [0.1, 0.15) is 37.8 Å². The number of aromatic amines is 1. The molecule has 3 aromatic rings. The predicted octanol–water partition coefficient (Wildman–Crippen LogP) is 2.31. The number of H-pyrrole nitrogens is 1. The summed E-state index contributed by atoms with van der Waals surface area (Å²) in [6, 6.07) is 13.0. The molecular formula is C27H35N5O5S. The van der Waals surface area contributed by atoms with Crippen molar-refractivity contribution in [3.8, 4) is 0 Å². The minimum atomic E-state index is -3.97. The van der Waals surface area contributed by atoms with Crippen LogP contribution >= 0.6 is 0 Å². The molecule has 0 fully saturated rings. The van der Waals surface area contributed by atoms with E-state index >= 15 is 0 Å². The molecule has 0 saturated heterocycles. The molecule has 3 rings (SSSR count). The fraction of sp³-hybridized carbons (Fsp3) is 0.370. The van der Waals surface area contributed by atoms with E-state index in [4.69, 9.17) is 0 Å². The Hall–Kier alpha value is -3.70. The Balaban J connectivity index is 1.68. The van der Waals surface area contributed by atoms with Crippen LogP contribution < -0.4 is 20.9 Å². The molecule has 3 amide bonds. The number of aryl methyl sites for hydroxylation is 1. The van der Waals surface area contributed by atoms with Crippen molar-refractivity contribution in [1.82, 2.24) is 25.9 Å². The summed E-state index contributed by atoms with van der Waals surface area (Å²) in [5.41, 5.74) is 4.89. The van der Waals surface area contributed by atoms with Crippen molar-refractivity contribution in [1.29, 1.82) is 0 Å². The van der Waals surface area contributed by atoms with Gasteiger partial charge in [-0.05, 0) is 43.0 Å². The molecule has 10 nitrogen and oxygen atoms in total. The summed E-state index contributed by atoms with van der Waals surface area (Å²) in [6.07, 6.45) is 2.18. The third kappa shape index (κ3) is 7.65. The molecule has 11 heteroatoms. The van der Waals surface area contributed by atoms with Gasteiger partial charge in [0.1, 0.15) is 6.04 Å². The van der Waals surface area contributed by atoms with Crippen molar-refractivity contribution in [3.05, 3.63) is 65.9 Å². The summed E-state index contributed by atoms with van der Waals surface area (Å²) >= 11 is 0. The minimum Gasteiger partial charge on any atom is -0.361 e. The Bertz CT molecular complexity index is 1380. The highest BCUT2D eigenvalue weighted by Gasteiger charge is 2.28. The van der Waals surface area contributed by atoms with Crippen LogP contribution in [-0.2, 0) is 30.8 Å². The molecule has 1 unspecified atom stereocenters. The summed E-state index contributed by atoms with van der Waals surface area (Å²) < 4.78 is 25.0. The van der Waals surface area contributed by atoms with Gasteiger partial charge in [-0.3, -0.25) is 19.8 Å². The lowest BCUT2D eigenvalue weighted by Gasteiger charge is -2.23. The first-order valence-electron chi connectivity index (χ1n) is 12.4. The molecular weight excluding hydrogens is 506 g/mol. The van der Waals surface area contributed by atoms with Crippen LogP contribution in [-0.4, -0.2) is 44.2 Å². The highest BCUT2D eigenvalue weighted by atomic mass is 32.2. The maximum Gasteiger partial charge on any atom is 0.257 e. The second-order valence-electron chi connectivity index (χ2n) is 9.74. The lowest BCUT2D eigenvalue weighted by molar-refractivity contribution is -0.133. The zero-order valence-corrected chi connectivity index (χ0v) is 22.8. The van der Waals surface area contributed by atoms with E-state index in [9.17, 15) is 22.8 Å². The number of rotatable bonds is 12. The number of carbonyl (C=O) groups is 3. The van der Waals surface area contributed by atoms with Crippen molar-refractivity contribution < 1.29 is 22.8 Å². The molecule has 0 aliphatic carbocycles. The van der Waals surface area contributed by atoms with Gasteiger partial charge in [0, 0.05) is 42.9 Å². The van der Waals surface area contributed by atoms with Gasteiger partial charge in [0.25, 0.3) is 10.0 Å². The fourth-order valence-corrected chi connectivity index (χ4v) is 5.08. The van der Waals surface area contributed by atoms with Crippen LogP contribution in [0.15, 0.2) is 59.6 Å². The van der Waals surface area contributed by atoms with Gasteiger partial charge in [0.05, 0.1) is 4.90 Å². The Labute approximate surface area is 223 Å². The van der Waals surface area contributed by atoms with Gasteiger partial charge >= 0.3 is 0 Å². The number of fused-ring (bicyclic) bond motifs is 1. The maximum atomic E-state index is 13.3. The van der Waals surface area contributed by atoms with Crippen LogP contribution in [0.3, 0.4) is 0 Å². The number of likely N-dealkylation sites (N-methyl/N-ethyl adjacent to an activating group) is 1. The van der Waals surface area contributed by atoms with Crippen LogP contribution in [0.4, 0.5) is 0 Å². The fourth-order valence-electron chi connectivity index (χ4n) is 4.22. The van der Waals surface area contributed by atoms with E-state index in [1.165, 1.54) is 19.2 Å². The monoisotopic (exact) mass is 541 g/mol. The minimum absolute atomic E-state index is 0.00516. The van der Waals surface area contributed by atoms with Gasteiger partial charge in [-0.15, -0.1) is 4.83 Å². The van der Waals surface area contributed by atoms with E-state index in [0.29, 0.717) is 6.42 Å². The first-order valence-corrected chi connectivity index (χ1v) is 13.9. The number of hydrogen-bond donors (Lipinski definition) is 5. The van der Waals surface area contributed by atoms with Crippen molar-refractivity contribution in [3.63, 3.8) is 0 Å². The number of amides is 3. The topological polar surface area (TPSA) is 149 Å². The standard InChI is InChI=1S/C27H35N5O5S/c1-17(2)13-19(15-25(33)31-32-38(36,37)21-11-9-18(3)10-12-21)26(34)30-24(27(35)28-4)14-20-16-29-23-8-6-5-7-22(20)23/h5-12,16-17,19,24,29,32H,13-15H2,1-4H3,(H,28,35)(H,30,34)(H,31,33)/t19-,24?/m1/s1. The molecule has 0 bridgehead atoms. The molecule has 38 heavy (non-hydrogen) atoms. The molecule has 1 aromatic heterocycles. The molecule has 0 aliphatic rings. The molecule has 5 N–H and O–H groups in total. The first kappa shape index (κ1) is 28.9. The SMILES string of the molecule is CNC(=O)C(Cc1c[nH]c2ccccc12)NC(=O)[C@@H](CC(=O)NNS(=O)(=O)c1ccc(C)cc1)CC(C)C. The lowest BCUT2D eigenvalue weighted by atomic mass is 9.92. The van der Waals surface area contributed by atoms with Gasteiger partial charge in [-0.2, -0.15) is 0 Å². The van der Waals surface area contributed by atoms with E-state index in [-0.39, 0.29) is 29.6 Å². The Morgan fingerprint density at radius 2 is 1.66 bits per heavy atom. The van der Waals surface area contributed by atoms with E-state index in [0.717, 1.165) is 22.0 Å². The van der Waals surface area contributed by atoms with Gasteiger partial charge in [0.15, 0.2) is 0 Å². The van der Waals surface area contributed by atoms with E-state index in [1.807, 2.05) is 51.2 Å². The van der Waals surface area contributed by atoms with Crippen molar-refractivity contribution in [2.75, 3.05) is 7.05 Å². The smallest absolute Gasteiger partial charge is 0.257 e. The molecule has 2 aromatic carbocycles. The van der Waals surface area contributed by atoms with Gasteiger partial charge < -0.3 is 15.6 Å². The zero-order chi connectivity index (χ0) is 27.9. The summed E-state index contributed by atoms with van der Waals surface area (Å²) in [4.78, 5) is 43.8. The van der Waals surface area contributed by atoms with Crippen molar-refractivity contribution >= 4 is 38.6 Å². The van der Waals surface area contributed by atoms with E-state index in [2.05, 4.69) is 25.9 Å². The number of sulfonamides is 1. The summed E-state index contributed by atoms with van der Waals surface area (Å²) in [5, 5.41) is 6.34. The molecule has 0 aliphatic heterocycles. The largest absolute Gasteiger partial charge is 0.361 e. The number of hydrogen-bond acceptors (Lipinski definition) is 5. The second-order valence-corrected chi connectivity index (χ2v) is 11.4. The third-order valence-electron chi connectivity index (χ3n) is 6.19. The molecule has 0 saturated carbocycles. The number of hydrazine groups is 1. The zero-order valence-electron chi connectivity index (χ0n) is 22.0. The Morgan fingerprint density at radius 1 is 0.974 bits per heavy atom. The van der Waals surface area contributed by atoms with Crippen LogP contribution in [0.5, 0.6) is 0 Å². The Morgan fingerprint density at radius 3 is 2.32 bits per heavy atom. The average Bonchev–Trinajstić information content (AvgIpc) is 3.29. The maximum absolute atomic E-state index is 13.3. The first-order chi connectivity index (χ1) is 18.0. The normalized spacial score (nSPS) is 13.2. The highest BCUT2D eigenvalue weighted by molar-refractivity contribution is 7.89. The van der Waals surface area contributed by atoms with Crippen LogP contribution in [0.2, 0.25) is 0 Å². The number of benzene rings is 2. The van der Waals surface area contributed by atoms with Crippen LogP contribution in [0, 0.1) is 18.8 Å². The number of carbonyl (C=O) groups excluding carboxylic acids is 3. The molecule has 1 heterocycles. The number of para-hydroxylation sites is 1. The molecule has 2 atom stereocenters. The van der Waals surface area contributed by atoms with Gasteiger partial charge in [-0.25, -0.2) is 8.42 Å². The number of nitrogens with one attached hydrogen (secondary N) is 5. The summed E-state index contributed by atoms with van der Waals surface area (Å²) in [7, 11) is -2.47. The predicted molar refractivity (Wildman–Crippen MR) is 145 cm³/mol. The molecule has 0 spiro atoms. The van der Waals surface area contributed by atoms with E-state index in [1.54, 1.807) is 12.1 Å².